The number of hydrogen-bond acceptors (Lipinski definition) is 6. The Bertz CT molecular complexity index is 776. The molecule has 1 fully saturated rings. The monoisotopic (exact) mass is 355 g/mol. The molecule has 6 nitrogen and oxygen atoms in total. The van der Waals surface area contributed by atoms with E-state index in [2.05, 4.69) is 21.8 Å². The molecule has 0 aliphatic carbocycles. The molecule has 6 heteroatoms. The van der Waals surface area contributed by atoms with Crippen molar-refractivity contribution in [3.05, 3.63) is 41.3 Å². The third-order valence-electron chi connectivity index (χ3n) is 4.85. The molecule has 4 heterocycles. The largest absolute Gasteiger partial charge is 0.489 e. The van der Waals surface area contributed by atoms with Gasteiger partial charge in [0, 0.05) is 49.1 Å². The van der Waals surface area contributed by atoms with Gasteiger partial charge < -0.3 is 14.2 Å². The molecule has 0 unspecified atom stereocenters. The highest BCUT2D eigenvalue weighted by atomic mass is 16.6. The van der Waals surface area contributed by atoms with Crippen LogP contribution in [0.1, 0.15) is 30.4 Å². The summed E-state index contributed by atoms with van der Waals surface area (Å²) in [4.78, 5) is 11.4. The van der Waals surface area contributed by atoms with Gasteiger partial charge >= 0.3 is 0 Å². The zero-order valence-corrected chi connectivity index (χ0v) is 15.6. The number of aryl methyl sites for hydroxylation is 2. The summed E-state index contributed by atoms with van der Waals surface area (Å²) in [5.74, 6) is 2.25. The molecular formula is C20H25N3O3. The Morgan fingerprint density at radius 3 is 2.69 bits per heavy atom. The molecule has 0 amide bonds. The molecule has 0 aromatic carbocycles. The maximum atomic E-state index is 6.22. The fraction of sp³-hybridized carbons (Fsp3) is 0.500. The predicted molar refractivity (Wildman–Crippen MR) is 97.8 cm³/mol. The number of nitrogens with zero attached hydrogens (tertiary/aromatic N) is 3. The molecule has 0 bridgehead atoms. The quantitative estimate of drug-likeness (QED) is 0.841. The van der Waals surface area contributed by atoms with Crippen molar-refractivity contribution in [3.63, 3.8) is 0 Å². The topological polar surface area (TPSA) is 56.7 Å². The van der Waals surface area contributed by atoms with Crippen molar-refractivity contribution in [2.24, 2.45) is 0 Å². The second-order valence-corrected chi connectivity index (χ2v) is 7.14. The summed E-state index contributed by atoms with van der Waals surface area (Å²) in [6.07, 6.45) is 1.19. The maximum Gasteiger partial charge on any atom is 0.257 e. The number of aromatic nitrogens is 2. The van der Waals surface area contributed by atoms with Crippen molar-refractivity contribution in [2.45, 2.75) is 45.9 Å². The number of hydrogen-bond donors (Lipinski definition) is 0. The number of likely N-dealkylation sites (tertiary alicyclic amines) is 1. The first-order valence-corrected chi connectivity index (χ1v) is 9.18. The molecule has 2 atom stereocenters. The van der Waals surface area contributed by atoms with Crippen molar-refractivity contribution < 1.29 is 14.2 Å². The Morgan fingerprint density at radius 2 is 1.88 bits per heavy atom. The Balaban J connectivity index is 1.41. The zero-order valence-electron chi connectivity index (χ0n) is 15.6. The molecule has 26 heavy (non-hydrogen) atoms. The van der Waals surface area contributed by atoms with E-state index in [4.69, 9.17) is 14.2 Å². The molecule has 138 valence electrons. The van der Waals surface area contributed by atoms with Gasteiger partial charge in [-0.3, -0.25) is 9.88 Å². The molecule has 4 rings (SSSR count). The van der Waals surface area contributed by atoms with Crippen LogP contribution in [0.2, 0.25) is 0 Å². The lowest BCUT2D eigenvalue weighted by Crippen LogP contribution is -2.28. The normalized spacial score (nSPS) is 22.4. The molecule has 1 saturated heterocycles. The standard InChI is InChI=1S/C20H25N3O3/c1-13-8-17(9-14(2)21-13)26-18-10-15(3)23(12-18)11-16-4-5-19-20(22-16)25-7-6-24-19/h4-5,8-9,15,18H,6-7,10-12H2,1-3H3/t15-,18-/m1/s1. The van der Waals surface area contributed by atoms with E-state index in [-0.39, 0.29) is 6.10 Å². The second kappa shape index (κ2) is 7.11. The first kappa shape index (κ1) is 17.1. The Kier molecular flexibility index (Phi) is 4.68. The summed E-state index contributed by atoms with van der Waals surface area (Å²) in [5.41, 5.74) is 2.98. The molecule has 2 aliphatic heterocycles. The van der Waals surface area contributed by atoms with Gasteiger partial charge in [-0.2, -0.15) is 0 Å². The number of ether oxygens (including phenoxy) is 3. The van der Waals surface area contributed by atoms with Crippen LogP contribution < -0.4 is 14.2 Å². The summed E-state index contributed by atoms with van der Waals surface area (Å²) in [6, 6.07) is 8.42. The maximum absolute atomic E-state index is 6.22. The molecule has 0 N–H and O–H groups in total. The third-order valence-corrected chi connectivity index (χ3v) is 4.85. The average Bonchev–Trinajstić information content (AvgIpc) is 2.93. The lowest BCUT2D eigenvalue weighted by molar-refractivity contribution is 0.162. The summed E-state index contributed by atoms with van der Waals surface area (Å²) in [5, 5.41) is 0. The summed E-state index contributed by atoms with van der Waals surface area (Å²) in [7, 11) is 0. The fourth-order valence-corrected chi connectivity index (χ4v) is 3.67. The highest BCUT2D eigenvalue weighted by molar-refractivity contribution is 5.36. The summed E-state index contributed by atoms with van der Waals surface area (Å²) < 4.78 is 17.4. The Morgan fingerprint density at radius 1 is 1.12 bits per heavy atom. The van der Waals surface area contributed by atoms with Crippen LogP contribution in [0.25, 0.3) is 0 Å². The van der Waals surface area contributed by atoms with Gasteiger partial charge in [0.05, 0.1) is 5.69 Å². The first-order valence-electron chi connectivity index (χ1n) is 9.18. The lowest BCUT2D eigenvalue weighted by atomic mass is 10.2. The van der Waals surface area contributed by atoms with Gasteiger partial charge in [-0.15, -0.1) is 0 Å². The molecule has 2 aromatic rings. The van der Waals surface area contributed by atoms with Crippen LogP contribution in [0.4, 0.5) is 0 Å². The molecule has 2 aliphatic rings. The van der Waals surface area contributed by atoms with Crippen LogP contribution >= 0.6 is 0 Å². The summed E-state index contributed by atoms with van der Waals surface area (Å²) in [6.45, 7) is 9.05. The number of rotatable bonds is 4. The lowest BCUT2D eigenvalue weighted by Gasteiger charge is -2.22. The zero-order chi connectivity index (χ0) is 18.1. The molecule has 2 aromatic heterocycles. The van der Waals surface area contributed by atoms with Crippen LogP contribution in [-0.4, -0.2) is 46.8 Å². The second-order valence-electron chi connectivity index (χ2n) is 7.14. The molecular weight excluding hydrogens is 330 g/mol. The SMILES string of the molecule is Cc1cc(O[C@@H]2C[C@@H](C)N(Cc3ccc4c(n3)OCCO4)C2)cc(C)n1. The van der Waals surface area contributed by atoms with E-state index in [1.54, 1.807) is 0 Å². The van der Waals surface area contributed by atoms with Crippen LogP contribution in [0, 0.1) is 13.8 Å². The predicted octanol–water partition coefficient (Wildman–Crippen LogP) is 2.91. The van der Waals surface area contributed by atoms with E-state index in [0.717, 1.165) is 48.1 Å². The van der Waals surface area contributed by atoms with Gasteiger partial charge in [0.15, 0.2) is 5.75 Å². The van der Waals surface area contributed by atoms with Gasteiger partial charge in [0.1, 0.15) is 25.1 Å². The molecule has 0 saturated carbocycles. The Labute approximate surface area is 154 Å². The smallest absolute Gasteiger partial charge is 0.257 e. The van der Waals surface area contributed by atoms with Gasteiger partial charge in [-0.1, -0.05) is 0 Å². The fourth-order valence-electron chi connectivity index (χ4n) is 3.67. The highest BCUT2D eigenvalue weighted by Crippen LogP contribution is 2.29. The average molecular weight is 355 g/mol. The van der Waals surface area contributed by atoms with Crippen molar-refractivity contribution in [3.8, 4) is 17.4 Å². The van der Waals surface area contributed by atoms with Crippen molar-refractivity contribution in [2.75, 3.05) is 19.8 Å². The van der Waals surface area contributed by atoms with Crippen LogP contribution in [0.3, 0.4) is 0 Å². The summed E-state index contributed by atoms with van der Waals surface area (Å²) >= 11 is 0. The van der Waals surface area contributed by atoms with Crippen molar-refractivity contribution in [1.29, 1.82) is 0 Å². The molecule has 0 radical (unpaired) electrons. The minimum atomic E-state index is 0.184. The number of fused-ring (bicyclic) bond motifs is 1. The van der Waals surface area contributed by atoms with E-state index < -0.39 is 0 Å². The van der Waals surface area contributed by atoms with E-state index in [0.29, 0.717) is 25.1 Å². The van der Waals surface area contributed by atoms with Crippen LogP contribution in [0.15, 0.2) is 24.3 Å². The van der Waals surface area contributed by atoms with E-state index in [1.807, 2.05) is 38.1 Å². The third kappa shape index (κ3) is 3.75. The van der Waals surface area contributed by atoms with Crippen molar-refractivity contribution >= 4 is 0 Å². The minimum Gasteiger partial charge on any atom is -0.489 e. The van der Waals surface area contributed by atoms with Crippen LogP contribution in [-0.2, 0) is 6.54 Å². The van der Waals surface area contributed by atoms with E-state index in [9.17, 15) is 0 Å². The first-order chi connectivity index (χ1) is 12.6. The minimum absolute atomic E-state index is 0.184. The van der Waals surface area contributed by atoms with Crippen molar-refractivity contribution in [1.82, 2.24) is 14.9 Å². The van der Waals surface area contributed by atoms with E-state index in [1.165, 1.54) is 0 Å². The number of pyridine rings is 2. The van der Waals surface area contributed by atoms with Gasteiger partial charge in [-0.25, -0.2) is 4.98 Å². The van der Waals surface area contributed by atoms with Gasteiger partial charge in [-0.05, 0) is 32.9 Å². The van der Waals surface area contributed by atoms with E-state index >= 15 is 0 Å². The molecule has 0 spiro atoms. The van der Waals surface area contributed by atoms with Gasteiger partial charge in [0.25, 0.3) is 5.88 Å². The van der Waals surface area contributed by atoms with Gasteiger partial charge in [0.2, 0.25) is 0 Å². The highest BCUT2D eigenvalue weighted by Gasteiger charge is 2.31. The Hall–Kier alpha value is -2.34. The van der Waals surface area contributed by atoms with Crippen LogP contribution in [0.5, 0.6) is 17.4 Å².